The Morgan fingerprint density at radius 2 is 1.93 bits per heavy atom. The van der Waals surface area contributed by atoms with Crippen LogP contribution in [0.2, 0.25) is 0 Å². The summed E-state index contributed by atoms with van der Waals surface area (Å²) in [5.74, 6) is -0.228. The van der Waals surface area contributed by atoms with Gasteiger partial charge in [-0.1, -0.05) is 6.08 Å². The molecule has 1 aliphatic rings. The van der Waals surface area contributed by atoms with Gasteiger partial charge in [0.1, 0.15) is 6.10 Å². The summed E-state index contributed by atoms with van der Waals surface area (Å²) in [7, 11) is 0. The minimum absolute atomic E-state index is 0.000741. The first-order valence-electron chi connectivity index (χ1n) is 5.15. The lowest BCUT2D eigenvalue weighted by molar-refractivity contribution is -0.146. The lowest BCUT2D eigenvalue weighted by Gasteiger charge is -2.25. The number of esters is 1. The molecule has 14 heavy (non-hydrogen) atoms. The van der Waals surface area contributed by atoms with E-state index in [9.17, 15) is 9.90 Å². The van der Waals surface area contributed by atoms with E-state index in [1.165, 1.54) is 0 Å². The van der Waals surface area contributed by atoms with Crippen molar-refractivity contribution in [3.63, 3.8) is 0 Å². The van der Waals surface area contributed by atoms with Crippen LogP contribution >= 0.6 is 0 Å². The molecule has 0 bridgehead atoms. The van der Waals surface area contributed by atoms with Gasteiger partial charge in [0, 0.05) is 5.57 Å². The molecule has 0 saturated heterocycles. The molecule has 0 aromatic heterocycles. The minimum Gasteiger partial charge on any atom is -0.459 e. The monoisotopic (exact) mass is 198 g/mol. The third-order valence-corrected chi connectivity index (χ3v) is 2.67. The molecule has 0 aliphatic heterocycles. The molecule has 0 aromatic rings. The van der Waals surface area contributed by atoms with Gasteiger partial charge in [0.05, 0.1) is 6.10 Å². The van der Waals surface area contributed by atoms with Crippen molar-refractivity contribution in [1.82, 2.24) is 0 Å². The fourth-order valence-corrected chi connectivity index (χ4v) is 1.53. The number of aliphatic hydroxyl groups excluding tert-OH is 1. The molecule has 1 aliphatic carbocycles. The predicted molar refractivity (Wildman–Crippen MR) is 53.8 cm³/mol. The van der Waals surface area contributed by atoms with Gasteiger partial charge in [0.25, 0.3) is 0 Å². The highest BCUT2D eigenvalue weighted by molar-refractivity contribution is 5.87. The van der Waals surface area contributed by atoms with Gasteiger partial charge in [-0.25, -0.2) is 4.79 Å². The lowest BCUT2D eigenvalue weighted by Crippen LogP contribution is -2.26. The molecular weight excluding hydrogens is 180 g/mol. The highest BCUT2D eigenvalue weighted by Gasteiger charge is 2.22. The van der Waals surface area contributed by atoms with Gasteiger partial charge in [-0.2, -0.15) is 0 Å². The first-order valence-corrected chi connectivity index (χ1v) is 5.15. The Hall–Kier alpha value is -0.830. The van der Waals surface area contributed by atoms with Crippen LogP contribution in [-0.4, -0.2) is 23.3 Å². The summed E-state index contributed by atoms with van der Waals surface area (Å²) < 4.78 is 5.27. The molecule has 0 amide bonds. The van der Waals surface area contributed by atoms with Crippen LogP contribution in [0.4, 0.5) is 0 Å². The topological polar surface area (TPSA) is 46.5 Å². The zero-order valence-corrected chi connectivity index (χ0v) is 8.82. The average molecular weight is 198 g/mol. The quantitative estimate of drug-likeness (QED) is 0.543. The molecule has 0 atom stereocenters. The Labute approximate surface area is 84.8 Å². The Morgan fingerprint density at radius 3 is 2.43 bits per heavy atom. The van der Waals surface area contributed by atoms with Crippen LogP contribution in [0, 0.1) is 0 Å². The van der Waals surface area contributed by atoms with Crippen molar-refractivity contribution in [3.8, 4) is 0 Å². The summed E-state index contributed by atoms with van der Waals surface area (Å²) in [5, 5.41) is 9.26. The van der Waals surface area contributed by atoms with Crippen molar-refractivity contribution < 1.29 is 14.6 Å². The largest absolute Gasteiger partial charge is 0.459 e. The van der Waals surface area contributed by atoms with Gasteiger partial charge in [0.2, 0.25) is 0 Å². The standard InChI is InChI=1S/C11H18O3/c1-3-8(2)11(13)14-10-6-4-9(12)5-7-10/h3,9-10,12H,4-7H2,1-2H3/b8-3+. The van der Waals surface area contributed by atoms with Crippen LogP contribution in [0.25, 0.3) is 0 Å². The van der Waals surface area contributed by atoms with Crippen molar-refractivity contribution in [2.75, 3.05) is 0 Å². The molecule has 80 valence electrons. The fourth-order valence-electron chi connectivity index (χ4n) is 1.53. The third-order valence-electron chi connectivity index (χ3n) is 2.67. The van der Waals surface area contributed by atoms with E-state index in [0.29, 0.717) is 5.57 Å². The van der Waals surface area contributed by atoms with Gasteiger partial charge in [-0.05, 0) is 39.5 Å². The number of carbonyl (C=O) groups excluding carboxylic acids is 1. The molecule has 1 saturated carbocycles. The molecule has 0 heterocycles. The van der Waals surface area contributed by atoms with Gasteiger partial charge in [-0.15, -0.1) is 0 Å². The Morgan fingerprint density at radius 1 is 1.36 bits per heavy atom. The molecule has 1 rings (SSSR count). The summed E-state index contributed by atoms with van der Waals surface area (Å²) in [6, 6.07) is 0. The number of ether oxygens (including phenoxy) is 1. The van der Waals surface area contributed by atoms with Gasteiger partial charge in [-0.3, -0.25) is 0 Å². The van der Waals surface area contributed by atoms with Crippen LogP contribution in [-0.2, 0) is 9.53 Å². The maximum atomic E-state index is 11.4. The maximum absolute atomic E-state index is 11.4. The maximum Gasteiger partial charge on any atom is 0.333 e. The normalized spacial score (nSPS) is 28.6. The molecule has 1 N–H and O–H groups in total. The first kappa shape index (κ1) is 11.2. The predicted octanol–water partition coefficient (Wildman–Crippen LogP) is 1.80. The molecule has 3 nitrogen and oxygen atoms in total. The van der Waals surface area contributed by atoms with E-state index in [-0.39, 0.29) is 18.2 Å². The van der Waals surface area contributed by atoms with E-state index in [2.05, 4.69) is 0 Å². The van der Waals surface area contributed by atoms with Gasteiger partial charge in [0.15, 0.2) is 0 Å². The van der Waals surface area contributed by atoms with E-state index >= 15 is 0 Å². The summed E-state index contributed by atoms with van der Waals surface area (Å²) in [6.07, 6.45) is 4.60. The fraction of sp³-hybridized carbons (Fsp3) is 0.727. The average Bonchev–Trinajstić information content (AvgIpc) is 2.20. The van der Waals surface area contributed by atoms with Crippen molar-refractivity contribution in [2.45, 2.75) is 51.7 Å². The first-order chi connectivity index (χ1) is 6.63. The smallest absolute Gasteiger partial charge is 0.333 e. The number of carbonyl (C=O) groups is 1. The van der Waals surface area contributed by atoms with Crippen LogP contribution in [0.3, 0.4) is 0 Å². The van der Waals surface area contributed by atoms with Gasteiger partial charge < -0.3 is 9.84 Å². The lowest BCUT2D eigenvalue weighted by atomic mass is 9.95. The Balaban J connectivity index is 2.35. The summed E-state index contributed by atoms with van der Waals surface area (Å²) in [5.41, 5.74) is 0.649. The van der Waals surface area contributed by atoms with E-state index < -0.39 is 0 Å². The molecule has 3 heteroatoms. The summed E-state index contributed by atoms with van der Waals surface area (Å²) in [4.78, 5) is 11.4. The van der Waals surface area contributed by atoms with E-state index in [1.807, 2.05) is 6.92 Å². The van der Waals surface area contributed by atoms with Crippen molar-refractivity contribution in [2.24, 2.45) is 0 Å². The van der Waals surface area contributed by atoms with Crippen molar-refractivity contribution in [1.29, 1.82) is 0 Å². The second-order valence-corrected chi connectivity index (χ2v) is 3.81. The molecule has 0 unspecified atom stereocenters. The van der Waals surface area contributed by atoms with E-state index in [0.717, 1.165) is 25.7 Å². The molecule has 0 radical (unpaired) electrons. The van der Waals surface area contributed by atoms with E-state index in [1.54, 1.807) is 13.0 Å². The zero-order valence-electron chi connectivity index (χ0n) is 8.82. The van der Waals surface area contributed by atoms with Crippen molar-refractivity contribution >= 4 is 5.97 Å². The van der Waals surface area contributed by atoms with Crippen LogP contribution in [0.5, 0.6) is 0 Å². The SMILES string of the molecule is C/C=C(\C)C(=O)OC1CCC(O)CC1. The molecule has 0 spiro atoms. The number of rotatable bonds is 2. The molecule has 0 aromatic carbocycles. The number of hydrogen-bond donors (Lipinski definition) is 1. The van der Waals surface area contributed by atoms with Crippen LogP contribution in [0.15, 0.2) is 11.6 Å². The highest BCUT2D eigenvalue weighted by Crippen LogP contribution is 2.21. The second-order valence-electron chi connectivity index (χ2n) is 3.81. The highest BCUT2D eigenvalue weighted by atomic mass is 16.5. The zero-order chi connectivity index (χ0) is 10.6. The number of allylic oxidation sites excluding steroid dienone is 1. The number of aliphatic hydroxyl groups is 1. The third kappa shape index (κ3) is 3.14. The molecule has 1 fully saturated rings. The van der Waals surface area contributed by atoms with Crippen molar-refractivity contribution in [3.05, 3.63) is 11.6 Å². The summed E-state index contributed by atoms with van der Waals surface area (Å²) in [6.45, 7) is 3.57. The Kier molecular flexibility index (Phi) is 4.14. The van der Waals surface area contributed by atoms with Crippen LogP contribution < -0.4 is 0 Å². The van der Waals surface area contributed by atoms with E-state index in [4.69, 9.17) is 4.74 Å². The number of hydrogen-bond acceptors (Lipinski definition) is 3. The summed E-state index contributed by atoms with van der Waals surface area (Å²) >= 11 is 0. The van der Waals surface area contributed by atoms with Crippen LogP contribution in [0.1, 0.15) is 39.5 Å². The minimum atomic E-state index is -0.228. The second kappa shape index (κ2) is 5.15. The molecular formula is C11H18O3. The van der Waals surface area contributed by atoms with Gasteiger partial charge >= 0.3 is 5.97 Å². The Bertz CT molecular complexity index is 225.